The van der Waals surface area contributed by atoms with Gasteiger partial charge in [-0.1, -0.05) is 333 Å². The zero-order valence-corrected chi connectivity index (χ0v) is 87.7. The summed E-state index contributed by atoms with van der Waals surface area (Å²) in [6, 6.07) is 94.9. The maximum absolute atomic E-state index is 12.9. The number of halogens is 1. The molecular formula is C116H145BrN4O28. The molecule has 10 aromatic rings. The van der Waals surface area contributed by atoms with Crippen LogP contribution in [0.2, 0.25) is 0 Å². The molecule has 0 spiro atoms. The van der Waals surface area contributed by atoms with Crippen LogP contribution >= 0.6 is 15.9 Å². The summed E-state index contributed by atoms with van der Waals surface area (Å²) in [4.78, 5) is 125. The molecule has 0 aliphatic heterocycles. The van der Waals surface area contributed by atoms with Gasteiger partial charge in [0.1, 0.15) is 18.4 Å². The van der Waals surface area contributed by atoms with E-state index in [2.05, 4.69) is 72.2 Å². The fourth-order valence-corrected chi connectivity index (χ4v) is 13.7. The number of carbonyl (C=O) groups excluding carboxylic acids is 8. The fraction of sp³-hybridized carbons (Fsp3) is 0.371. The largest absolute Gasteiger partial charge is 0.481 e. The highest BCUT2D eigenvalue weighted by Gasteiger charge is 2.50. The lowest BCUT2D eigenvalue weighted by Crippen LogP contribution is -2.61. The van der Waals surface area contributed by atoms with Crippen LogP contribution in [-0.2, 0) is 185 Å². The third kappa shape index (κ3) is 58.6. The van der Waals surface area contributed by atoms with Crippen LogP contribution in [0, 0.1) is 5.92 Å². The van der Waals surface area contributed by atoms with Gasteiger partial charge in [-0.05, 0) is 128 Å². The molecule has 0 bridgehead atoms. The lowest BCUT2D eigenvalue weighted by Gasteiger charge is -2.31. The predicted octanol–water partition coefficient (Wildman–Crippen LogP) is 18.7. The number of nitrogens with one attached hydrogen (secondary N) is 3. The number of aldehydes is 1. The van der Waals surface area contributed by atoms with E-state index < -0.39 is 102 Å². The van der Waals surface area contributed by atoms with Gasteiger partial charge in [0.2, 0.25) is 29.3 Å². The van der Waals surface area contributed by atoms with Gasteiger partial charge < -0.3 is 103 Å². The third-order valence-corrected chi connectivity index (χ3v) is 21.5. The van der Waals surface area contributed by atoms with Crippen LogP contribution in [0.5, 0.6) is 0 Å². The van der Waals surface area contributed by atoms with Crippen molar-refractivity contribution in [2.45, 2.75) is 241 Å². The number of ether oxygens (including phenoxy) is 14. The Labute approximate surface area is 882 Å². The van der Waals surface area contributed by atoms with E-state index in [1.807, 2.05) is 286 Å². The van der Waals surface area contributed by atoms with E-state index in [4.69, 9.17) is 72.5 Å². The molecule has 0 heterocycles. The Kier molecular flexibility index (Phi) is 68.1. The Hall–Kier alpha value is -13.7. The van der Waals surface area contributed by atoms with Crippen molar-refractivity contribution in [1.82, 2.24) is 16.0 Å². The van der Waals surface area contributed by atoms with E-state index in [9.17, 15) is 58.2 Å². The first-order chi connectivity index (χ1) is 72.1. The Balaban J connectivity index is 0.000000374. The number of amides is 3. The molecular weight excluding hydrogens is 1980 g/mol. The van der Waals surface area contributed by atoms with Crippen LogP contribution in [0.3, 0.4) is 0 Å². The van der Waals surface area contributed by atoms with Crippen molar-refractivity contribution >= 4 is 81.7 Å². The van der Waals surface area contributed by atoms with Gasteiger partial charge >= 0.3 is 41.8 Å². The highest BCUT2D eigenvalue weighted by Crippen LogP contribution is 2.26. The minimum Gasteiger partial charge on any atom is -0.481 e. The molecule has 0 aliphatic carbocycles. The highest BCUT2D eigenvalue weighted by molar-refractivity contribution is 9.09. The number of carbonyl (C=O) groups is 11. The molecule has 32 nitrogen and oxygen atoms in total. The topological polar surface area (TPSA) is 440 Å². The van der Waals surface area contributed by atoms with Crippen molar-refractivity contribution in [1.29, 1.82) is 0 Å². The van der Waals surface area contributed by atoms with Crippen molar-refractivity contribution < 1.29 is 134 Å². The molecule has 0 radical (unpaired) electrons. The second-order valence-electron chi connectivity index (χ2n) is 32.9. The van der Waals surface area contributed by atoms with Crippen molar-refractivity contribution in [3.63, 3.8) is 0 Å². The molecule has 10 aromatic carbocycles. The number of nitrogens with two attached hydrogens (primary N) is 1. The lowest BCUT2D eigenvalue weighted by molar-refractivity contribution is -0.176. The van der Waals surface area contributed by atoms with E-state index in [1.165, 1.54) is 26.8 Å². The molecule has 10 rings (SSSR count). The molecule has 0 fully saturated rings. The fourth-order valence-electron chi connectivity index (χ4n) is 13.3. The van der Waals surface area contributed by atoms with Gasteiger partial charge in [0.05, 0.1) is 98.4 Å². The second-order valence-corrected chi connectivity index (χ2v) is 33.7. The number of aliphatic carboxylic acids is 3. The summed E-state index contributed by atoms with van der Waals surface area (Å²) < 4.78 is 78.3. The van der Waals surface area contributed by atoms with Crippen LogP contribution in [0.15, 0.2) is 316 Å². The Morgan fingerprint density at radius 3 is 0.758 bits per heavy atom. The van der Waals surface area contributed by atoms with Gasteiger partial charge in [-0.25, -0.2) is 24.0 Å². The monoisotopic (exact) mass is 2120 g/mol. The summed E-state index contributed by atoms with van der Waals surface area (Å²) in [7, 11) is 0. The van der Waals surface area contributed by atoms with E-state index >= 15 is 0 Å². The van der Waals surface area contributed by atoms with Crippen molar-refractivity contribution in [2.24, 2.45) is 11.7 Å². The van der Waals surface area contributed by atoms with E-state index in [0.29, 0.717) is 97.7 Å². The number of benzene rings is 10. The van der Waals surface area contributed by atoms with Crippen LogP contribution in [-0.4, -0.2) is 168 Å². The summed E-state index contributed by atoms with van der Waals surface area (Å²) in [6.07, 6.45) is 3.19. The smallest absolute Gasteiger partial charge is 0.343 e. The summed E-state index contributed by atoms with van der Waals surface area (Å²) >= 11 is 3.44. The normalized spacial score (nSPS) is 11.3. The summed E-state index contributed by atoms with van der Waals surface area (Å²) in [5, 5.41) is 35.3. The first-order valence-corrected chi connectivity index (χ1v) is 50.4. The van der Waals surface area contributed by atoms with Gasteiger partial charge in [0.15, 0.2) is 31.5 Å². The molecule has 33 heteroatoms. The standard InChI is InChI=1S/C26H33NO7.C21H25NO5.C21H26O4.C19H23NO4.C17H19BrO2.C9H15NO5.C3H4O/c1-4-31-24(29)26(27-20(3)28,25(30)32-5-2)17-16-23(33-18-21-12-8-6-9-13-21)34-19-22-14-10-7-11-15-22;1-16(23)22-19(21(24)25)12-13-20(26-14-17-8-4-2-5-9-17)27-15-18-10-6-3-7-11-18;1-2-19(21(22)23)13-14-20(24-15-17-9-5-3-6-10-17)25-16-18-11-7-4-8-12-18;20-17(19(21)22)11-12-18(23-13-15-7-3-1-4-8-15)24-14-16-9-5-2-6-10-16;18-12-11-17(19-13-15-7-3-1-4-8-15)20-14-16-9-5-2-6-10-16;1-4-14-8(12)7(10-6(3)11)9(13)15-5-2;1-2-3-4/h6-15,23H,4-5,16-19H2,1-3H3,(H,27,28);2-11,19-20H,12-15H2,1H3,(H,22,23)(H,24,25);3-12,19-20H,2,13-16H2,1H3,(H,22,23);1-10,17-18H,11-14,20H2,(H,21,22);1-10,17H,11-14H2;7H,4-5H2,1-3H3,(H,10,11);2-3H,1H2/t;;19-;17-;;;/m..00.../s1. The first kappa shape index (κ1) is 128. The Morgan fingerprint density at radius 2 is 0.557 bits per heavy atom. The molecule has 0 saturated carbocycles. The van der Waals surface area contributed by atoms with Crippen molar-refractivity contribution in [3.8, 4) is 0 Å². The van der Waals surface area contributed by atoms with Gasteiger partial charge in [-0.2, -0.15) is 0 Å². The van der Waals surface area contributed by atoms with Gasteiger partial charge in [0, 0.05) is 51.8 Å². The molecule has 1 unspecified atom stereocenters. The molecule has 3 atom stereocenters. The van der Waals surface area contributed by atoms with Gasteiger partial charge in [-0.3, -0.25) is 28.8 Å². The highest BCUT2D eigenvalue weighted by atomic mass is 79.9. The third-order valence-electron chi connectivity index (χ3n) is 21.0. The number of alkyl halides is 1. The lowest BCUT2D eigenvalue weighted by atomic mass is 9.92. The second kappa shape index (κ2) is 79.5. The van der Waals surface area contributed by atoms with Crippen LogP contribution < -0.4 is 21.7 Å². The van der Waals surface area contributed by atoms with E-state index in [1.54, 1.807) is 27.7 Å². The number of esters is 4. The minimum absolute atomic E-state index is 0.0397. The SMILES string of the molecule is BrCCC(OCc1ccccc1)OCc1ccccc1.C=CC=O.CC(=O)NC(CCC(OCc1ccccc1)OCc1ccccc1)C(=O)O.CCOC(=O)C(CCC(OCc1ccccc1)OCc1ccccc1)(NC(C)=O)C(=O)OCC.CCOC(=O)C(NC(C)=O)C(=O)OCC.CC[C@@H](CCC(OCc1ccccc1)OCc1ccccc1)C(=O)O.N[C@@H](CCC(OCc1ccccc1)OCc1ccccc1)C(=O)O. The summed E-state index contributed by atoms with van der Waals surface area (Å²) in [5.41, 5.74) is 14.0. The molecule has 149 heavy (non-hydrogen) atoms. The molecule has 0 aliphatic rings. The summed E-state index contributed by atoms with van der Waals surface area (Å²) in [5.74, 6) is -8.03. The zero-order chi connectivity index (χ0) is 109. The number of carboxylic acid groups (broad SMARTS) is 3. The molecule has 0 aromatic heterocycles. The molecule has 3 amide bonds. The van der Waals surface area contributed by atoms with Gasteiger partial charge in [0.25, 0.3) is 0 Å². The molecule has 8 N–H and O–H groups in total. The maximum Gasteiger partial charge on any atom is 0.343 e. The van der Waals surface area contributed by atoms with Crippen LogP contribution in [0.4, 0.5) is 0 Å². The Morgan fingerprint density at radius 1 is 0.322 bits per heavy atom. The molecule has 0 saturated heterocycles. The van der Waals surface area contributed by atoms with Crippen molar-refractivity contribution in [3.05, 3.63) is 372 Å². The quantitative estimate of drug-likeness (QED) is 0.00354. The number of allylic oxidation sites excluding steroid dienone is 1. The average molecular weight is 2120 g/mol. The Bertz CT molecular complexity index is 5040. The van der Waals surface area contributed by atoms with E-state index in [-0.39, 0.29) is 77.0 Å². The number of rotatable bonds is 60. The number of carboxylic acids is 3. The predicted molar refractivity (Wildman–Crippen MR) is 566 cm³/mol. The first-order valence-electron chi connectivity index (χ1n) is 49.2. The van der Waals surface area contributed by atoms with Gasteiger partial charge in [-0.15, -0.1) is 0 Å². The van der Waals surface area contributed by atoms with E-state index in [0.717, 1.165) is 67.4 Å². The minimum atomic E-state index is -2.00. The number of hydrogen-bond donors (Lipinski definition) is 7. The zero-order valence-electron chi connectivity index (χ0n) is 86.1. The van der Waals surface area contributed by atoms with Crippen LogP contribution in [0.25, 0.3) is 0 Å². The maximum atomic E-state index is 12.9. The van der Waals surface area contributed by atoms with Crippen molar-refractivity contribution in [2.75, 3.05) is 31.8 Å². The number of hydrogen-bond acceptors (Lipinski definition) is 26. The molecule has 804 valence electrons. The van der Waals surface area contributed by atoms with Crippen LogP contribution in [0.1, 0.15) is 175 Å². The summed E-state index contributed by atoms with van der Waals surface area (Å²) in [6.45, 7) is 19.6. The average Bonchev–Trinajstić information content (AvgIpc) is 0.798.